The largest absolute Gasteiger partial charge is 0.497 e. The fourth-order valence-electron chi connectivity index (χ4n) is 1.29. The van der Waals surface area contributed by atoms with Gasteiger partial charge in [-0.1, -0.05) is 0 Å². The summed E-state index contributed by atoms with van der Waals surface area (Å²) >= 11 is 0. The summed E-state index contributed by atoms with van der Waals surface area (Å²) in [4.78, 5) is 13.1. The second kappa shape index (κ2) is 6.14. The zero-order valence-electron chi connectivity index (χ0n) is 9.38. The molecule has 0 aliphatic rings. The van der Waals surface area contributed by atoms with Crippen LogP contribution in [0.4, 0.5) is 0 Å². The number of nitriles is 2. The van der Waals surface area contributed by atoms with E-state index in [1.165, 1.54) is 12.0 Å². The highest BCUT2D eigenvalue weighted by molar-refractivity contribution is 5.94. The SMILES string of the molecule is COc1ccc(C(=O)N(CC#N)CC#N)cc1. The van der Waals surface area contributed by atoms with E-state index in [4.69, 9.17) is 15.3 Å². The number of carbonyl (C=O) groups is 1. The molecule has 0 saturated carbocycles. The molecule has 0 aromatic heterocycles. The van der Waals surface area contributed by atoms with Crippen molar-refractivity contribution in [2.24, 2.45) is 0 Å². The van der Waals surface area contributed by atoms with E-state index in [9.17, 15) is 4.79 Å². The predicted molar refractivity (Wildman–Crippen MR) is 60.1 cm³/mol. The highest BCUT2D eigenvalue weighted by Gasteiger charge is 2.14. The average Bonchev–Trinajstić information content (AvgIpc) is 2.38. The molecule has 0 unspecified atom stereocenters. The number of benzene rings is 1. The van der Waals surface area contributed by atoms with Crippen LogP contribution in [0, 0.1) is 22.7 Å². The molecule has 0 N–H and O–H groups in total. The Morgan fingerprint density at radius 2 is 1.76 bits per heavy atom. The van der Waals surface area contributed by atoms with E-state index in [0.717, 1.165) is 0 Å². The lowest BCUT2D eigenvalue weighted by Crippen LogP contribution is -2.31. The zero-order valence-corrected chi connectivity index (χ0v) is 9.38. The lowest BCUT2D eigenvalue weighted by Gasteiger charge is -2.15. The molecule has 0 spiro atoms. The first-order chi connectivity index (χ1) is 8.22. The summed E-state index contributed by atoms with van der Waals surface area (Å²) in [5, 5.41) is 17.1. The summed E-state index contributed by atoms with van der Waals surface area (Å²) in [6, 6.07) is 10.2. The molecule has 0 heterocycles. The van der Waals surface area contributed by atoms with Crippen molar-refractivity contribution in [2.75, 3.05) is 20.2 Å². The van der Waals surface area contributed by atoms with Crippen LogP contribution in [0.5, 0.6) is 5.75 Å². The number of ether oxygens (including phenoxy) is 1. The van der Waals surface area contributed by atoms with Gasteiger partial charge in [-0.05, 0) is 24.3 Å². The van der Waals surface area contributed by atoms with E-state index >= 15 is 0 Å². The highest BCUT2D eigenvalue weighted by Crippen LogP contribution is 2.12. The smallest absolute Gasteiger partial charge is 0.255 e. The Bertz CT molecular complexity index is 452. The van der Waals surface area contributed by atoms with Crippen LogP contribution < -0.4 is 4.74 Å². The van der Waals surface area contributed by atoms with Crippen LogP contribution in [-0.4, -0.2) is 31.0 Å². The average molecular weight is 229 g/mol. The quantitative estimate of drug-likeness (QED) is 0.726. The van der Waals surface area contributed by atoms with Crippen molar-refractivity contribution in [1.29, 1.82) is 10.5 Å². The molecule has 86 valence electrons. The molecular formula is C12H11N3O2. The maximum Gasteiger partial charge on any atom is 0.255 e. The molecule has 0 bridgehead atoms. The van der Waals surface area contributed by atoms with Gasteiger partial charge in [0.15, 0.2) is 0 Å². The summed E-state index contributed by atoms with van der Waals surface area (Å²) in [7, 11) is 1.54. The zero-order chi connectivity index (χ0) is 12.7. The third kappa shape index (κ3) is 3.22. The van der Waals surface area contributed by atoms with Crippen molar-refractivity contribution in [3.05, 3.63) is 29.8 Å². The van der Waals surface area contributed by atoms with Crippen molar-refractivity contribution >= 4 is 5.91 Å². The molecule has 0 aliphatic heterocycles. The monoisotopic (exact) mass is 229 g/mol. The van der Waals surface area contributed by atoms with Gasteiger partial charge in [-0.25, -0.2) is 0 Å². The molecule has 0 atom stereocenters. The summed E-state index contributed by atoms with van der Waals surface area (Å²) in [6.45, 7) is -0.198. The van der Waals surface area contributed by atoms with E-state index in [1.807, 2.05) is 12.1 Å². The van der Waals surface area contributed by atoms with E-state index in [-0.39, 0.29) is 19.0 Å². The number of amides is 1. The Kier molecular flexibility index (Phi) is 4.53. The molecule has 17 heavy (non-hydrogen) atoms. The maximum atomic E-state index is 11.9. The van der Waals surface area contributed by atoms with E-state index in [1.54, 1.807) is 24.3 Å². The highest BCUT2D eigenvalue weighted by atomic mass is 16.5. The molecule has 0 aliphatic carbocycles. The molecule has 1 amide bonds. The summed E-state index contributed by atoms with van der Waals surface area (Å²) in [5.74, 6) is 0.310. The number of hydrogen-bond donors (Lipinski definition) is 0. The molecule has 1 aromatic carbocycles. The first-order valence-corrected chi connectivity index (χ1v) is 4.90. The Labute approximate surface area is 99.4 Å². The third-order valence-electron chi connectivity index (χ3n) is 2.15. The molecular weight excluding hydrogens is 218 g/mol. The summed E-state index contributed by atoms with van der Waals surface area (Å²) in [5.41, 5.74) is 0.427. The van der Waals surface area contributed by atoms with Crippen LogP contribution in [0.1, 0.15) is 10.4 Å². The molecule has 5 nitrogen and oxygen atoms in total. The number of nitrogens with zero attached hydrogens (tertiary/aromatic N) is 3. The standard InChI is InChI=1S/C12H11N3O2/c1-17-11-4-2-10(3-5-11)12(16)15(8-6-13)9-7-14/h2-5H,8-9H2,1H3. The fraction of sp³-hybridized carbons (Fsp3) is 0.250. The lowest BCUT2D eigenvalue weighted by molar-refractivity contribution is 0.0794. The molecule has 5 heteroatoms. The second-order valence-electron chi connectivity index (χ2n) is 3.21. The van der Waals surface area contributed by atoms with Gasteiger partial charge in [0.2, 0.25) is 0 Å². The van der Waals surface area contributed by atoms with E-state index in [2.05, 4.69) is 0 Å². The molecule has 1 aromatic rings. The van der Waals surface area contributed by atoms with E-state index < -0.39 is 0 Å². The van der Waals surface area contributed by atoms with Gasteiger partial charge in [0, 0.05) is 5.56 Å². The lowest BCUT2D eigenvalue weighted by atomic mass is 10.2. The minimum Gasteiger partial charge on any atom is -0.497 e. The van der Waals surface area contributed by atoms with Crippen molar-refractivity contribution in [2.45, 2.75) is 0 Å². The number of methoxy groups -OCH3 is 1. The Hall–Kier alpha value is -2.53. The van der Waals surface area contributed by atoms with Gasteiger partial charge in [0.25, 0.3) is 5.91 Å². The Morgan fingerprint density at radius 3 is 2.18 bits per heavy atom. The van der Waals surface area contributed by atoms with Crippen LogP contribution in [0.2, 0.25) is 0 Å². The number of carbonyl (C=O) groups excluding carboxylic acids is 1. The van der Waals surface area contributed by atoms with Crippen LogP contribution in [0.3, 0.4) is 0 Å². The number of hydrogen-bond acceptors (Lipinski definition) is 4. The van der Waals surface area contributed by atoms with Crippen molar-refractivity contribution in [3.63, 3.8) is 0 Å². The molecule has 0 radical (unpaired) electrons. The van der Waals surface area contributed by atoms with Gasteiger partial charge in [0.05, 0.1) is 19.2 Å². The van der Waals surface area contributed by atoms with E-state index in [0.29, 0.717) is 11.3 Å². The normalized spacial score (nSPS) is 8.88. The van der Waals surface area contributed by atoms with Gasteiger partial charge in [0.1, 0.15) is 18.8 Å². The van der Waals surface area contributed by atoms with Gasteiger partial charge < -0.3 is 9.64 Å². The van der Waals surface area contributed by atoms with Crippen LogP contribution in [-0.2, 0) is 0 Å². The van der Waals surface area contributed by atoms with Crippen LogP contribution in [0.25, 0.3) is 0 Å². The van der Waals surface area contributed by atoms with Gasteiger partial charge >= 0.3 is 0 Å². The van der Waals surface area contributed by atoms with Crippen LogP contribution in [0.15, 0.2) is 24.3 Å². The maximum absolute atomic E-state index is 11.9. The van der Waals surface area contributed by atoms with Gasteiger partial charge in [-0.3, -0.25) is 4.79 Å². The molecule has 0 fully saturated rings. The van der Waals surface area contributed by atoms with Gasteiger partial charge in [-0.15, -0.1) is 0 Å². The minimum absolute atomic E-state index is 0.0988. The van der Waals surface area contributed by atoms with Crippen LogP contribution >= 0.6 is 0 Å². The summed E-state index contributed by atoms with van der Waals surface area (Å²) in [6.07, 6.45) is 0. The number of rotatable bonds is 4. The minimum atomic E-state index is -0.337. The Morgan fingerprint density at radius 1 is 1.24 bits per heavy atom. The fourth-order valence-corrected chi connectivity index (χ4v) is 1.29. The molecule has 1 rings (SSSR count). The van der Waals surface area contributed by atoms with Crippen molar-refractivity contribution < 1.29 is 9.53 Å². The van der Waals surface area contributed by atoms with Gasteiger partial charge in [-0.2, -0.15) is 10.5 Å². The first-order valence-electron chi connectivity index (χ1n) is 4.90. The topological polar surface area (TPSA) is 77.1 Å². The van der Waals surface area contributed by atoms with Crippen molar-refractivity contribution in [1.82, 2.24) is 4.90 Å². The van der Waals surface area contributed by atoms with Crippen molar-refractivity contribution in [3.8, 4) is 17.9 Å². The second-order valence-corrected chi connectivity index (χ2v) is 3.21. The summed E-state index contributed by atoms with van der Waals surface area (Å²) < 4.78 is 4.97. The third-order valence-corrected chi connectivity index (χ3v) is 2.15. The molecule has 0 saturated heterocycles. The Balaban J connectivity index is 2.86. The predicted octanol–water partition coefficient (Wildman–Crippen LogP) is 1.18. The first kappa shape index (κ1) is 12.5.